The molecule has 1 heterocycles. The van der Waals surface area contributed by atoms with Gasteiger partial charge in [-0.15, -0.1) is 0 Å². The fourth-order valence-corrected chi connectivity index (χ4v) is 2.56. The molecule has 120 valence electrons. The largest absolute Gasteiger partial charge is 0.466 e. The van der Waals surface area contributed by atoms with Gasteiger partial charge in [0.2, 0.25) is 0 Å². The Kier molecular flexibility index (Phi) is 5.77. The minimum absolute atomic E-state index is 0.107. The Morgan fingerprint density at radius 2 is 2.00 bits per heavy atom. The first-order valence-electron chi connectivity index (χ1n) is 7.50. The zero-order valence-electron chi connectivity index (χ0n) is 12.7. The zero-order valence-corrected chi connectivity index (χ0v) is 12.7. The smallest absolute Gasteiger partial charge is 0.410 e. The van der Waals surface area contributed by atoms with E-state index in [1.54, 1.807) is 6.92 Å². The highest BCUT2D eigenvalue weighted by Crippen LogP contribution is 2.21. The van der Waals surface area contributed by atoms with Crippen LogP contribution in [0.25, 0.3) is 0 Å². The topological polar surface area (TPSA) is 81.9 Å². The molecule has 0 radical (unpaired) electrons. The second-order valence-corrected chi connectivity index (χ2v) is 5.26. The van der Waals surface area contributed by atoms with E-state index in [1.807, 2.05) is 30.3 Å². The van der Waals surface area contributed by atoms with E-state index < -0.39 is 6.09 Å². The number of carbonyl (C=O) groups excluding carboxylic acids is 2. The number of carbonyl (C=O) groups is 2. The highest BCUT2D eigenvalue weighted by Gasteiger charge is 2.37. The standard InChI is InChI=1S/C16H22N2O4/c1-2-21-15(19)10-14-13(17)8-9-18(14)16(20)22-11-12-6-4-3-5-7-12/h3-7,13-14H,2,8-11,17H2,1H3/t13-,14+/m0/s1. The summed E-state index contributed by atoms with van der Waals surface area (Å²) in [6.45, 7) is 2.77. The number of rotatable bonds is 5. The van der Waals surface area contributed by atoms with Crippen LogP contribution in [0.3, 0.4) is 0 Å². The van der Waals surface area contributed by atoms with E-state index in [9.17, 15) is 9.59 Å². The molecule has 0 saturated carbocycles. The first kappa shape index (κ1) is 16.3. The summed E-state index contributed by atoms with van der Waals surface area (Å²) in [5.74, 6) is -0.342. The summed E-state index contributed by atoms with van der Waals surface area (Å²) in [6, 6.07) is 8.87. The highest BCUT2D eigenvalue weighted by molar-refractivity contribution is 5.73. The number of hydrogen-bond donors (Lipinski definition) is 1. The van der Waals surface area contributed by atoms with Crippen molar-refractivity contribution in [3.8, 4) is 0 Å². The average Bonchev–Trinajstić information content (AvgIpc) is 2.87. The molecule has 1 saturated heterocycles. The Labute approximate surface area is 130 Å². The maximum atomic E-state index is 12.2. The van der Waals surface area contributed by atoms with Gasteiger partial charge in [-0.2, -0.15) is 0 Å². The molecule has 0 spiro atoms. The van der Waals surface area contributed by atoms with Crippen LogP contribution in [-0.4, -0.2) is 42.2 Å². The van der Waals surface area contributed by atoms with Crippen LogP contribution in [0.15, 0.2) is 30.3 Å². The van der Waals surface area contributed by atoms with Gasteiger partial charge in [0.1, 0.15) is 6.61 Å². The van der Waals surface area contributed by atoms with E-state index in [0.717, 1.165) is 5.56 Å². The second-order valence-electron chi connectivity index (χ2n) is 5.26. The summed E-state index contributed by atoms with van der Waals surface area (Å²) in [5.41, 5.74) is 6.92. The van der Waals surface area contributed by atoms with Crippen LogP contribution in [0.2, 0.25) is 0 Å². The monoisotopic (exact) mass is 306 g/mol. The maximum Gasteiger partial charge on any atom is 0.410 e. The summed E-state index contributed by atoms with van der Waals surface area (Å²) >= 11 is 0. The molecule has 0 aromatic heterocycles. The van der Waals surface area contributed by atoms with Gasteiger partial charge in [-0.3, -0.25) is 4.79 Å². The van der Waals surface area contributed by atoms with E-state index >= 15 is 0 Å². The lowest BCUT2D eigenvalue weighted by Gasteiger charge is -2.25. The molecule has 0 bridgehead atoms. The molecule has 1 aliphatic heterocycles. The van der Waals surface area contributed by atoms with Crippen LogP contribution in [-0.2, 0) is 20.9 Å². The summed E-state index contributed by atoms with van der Waals surface area (Å²) in [7, 11) is 0. The first-order valence-corrected chi connectivity index (χ1v) is 7.50. The van der Waals surface area contributed by atoms with Crippen molar-refractivity contribution >= 4 is 12.1 Å². The van der Waals surface area contributed by atoms with Crippen molar-refractivity contribution in [2.45, 2.75) is 38.5 Å². The number of nitrogens with zero attached hydrogens (tertiary/aromatic N) is 1. The summed E-state index contributed by atoms with van der Waals surface area (Å²) in [5, 5.41) is 0. The SMILES string of the molecule is CCOC(=O)C[C@@H]1[C@@H](N)CCN1C(=O)OCc1ccccc1. The average molecular weight is 306 g/mol. The van der Waals surface area contributed by atoms with Crippen molar-refractivity contribution in [1.82, 2.24) is 4.90 Å². The number of esters is 1. The molecule has 0 unspecified atom stereocenters. The Bertz CT molecular complexity index is 506. The molecular formula is C16H22N2O4. The molecule has 1 aromatic carbocycles. The van der Waals surface area contributed by atoms with Crippen molar-refractivity contribution in [1.29, 1.82) is 0 Å². The van der Waals surface area contributed by atoms with Gasteiger partial charge in [0.15, 0.2) is 0 Å². The minimum Gasteiger partial charge on any atom is -0.466 e. The summed E-state index contributed by atoms with van der Waals surface area (Å²) in [6.07, 6.45) is 0.325. The third-order valence-corrected chi connectivity index (χ3v) is 3.72. The maximum absolute atomic E-state index is 12.2. The lowest BCUT2D eigenvalue weighted by molar-refractivity contribution is -0.144. The van der Waals surface area contributed by atoms with Crippen molar-refractivity contribution in [2.24, 2.45) is 5.73 Å². The molecular weight excluding hydrogens is 284 g/mol. The fourth-order valence-electron chi connectivity index (χ4n) is 2.56. The molecule has 2 N–H and O–H groups in total. The van der Waals surface area contributed by atoms with Crippen LogP contribution in [0.5, 0.6) is 0 Å². The first-order chi connectivity index (χ1) is 10.6. The van der Waals surface area contributed by atoms with Crippen LogP contribution in [0, 0.1) is 0 Å². The Morgan fingerprint density at radius 3 is 2.68 bits per heavy atom. The molecule has 0 aliphatic carbocycles. The Balaban J connectivity index is 1.91. The van der Waals surface area contributed by atoms with E-state index in [4.69, 9.17) is 15.2 Å². The van der Waals surface area contributed by atoms with Gasteiger partial charge in [0.05, 0.1) is 19.1 Å². The number of ether oxygens (including phenoxy) is 2. The molecule has 2 atom stereocenters. The number of benzene rings is 1. The van der Waals surface area contributed by atoms with Crippen molar-refractivity contribution in [3.63, 3.8) is 0 Å². The van der Waals surface area contributed by atoms with E-state index in [1.165, 1.54) is 4.90 Å². The predicted octanol–water partition coefficient (Wildman–Crippen LogP) is 1.68. The fraction of sp³-hybridized carbons (Fsp3) is 0.500. The Hall–Kier alpha value is -2.08. The van der Waals surface area contributed by atoms with Crippen LogP contribution in [0.4, 0.5) is 4.79 Å². The molecule has 22 heavy (non-hydrogen) atoms. The van der Waals surface area contributed by atoms with Gasteiger partial charge in [-0.25, -0.2) is 4.79 Å². The predicted molar refractivity (Wildman–Crippen MR) is 81.0 cm³/mol. The number of likely N-dealkylation sites (tertiary alicyclic amines) is 1. The van der Waals surface area contributed by atoms with E-state index in [2.05, 4.69) is 0 Å². The number of amides is 1. The zero-order chi connectivity index (χ0) is 15.9. The van der Waals surface area contributed by atoms with Gasteiger partial charge < -0.3 is 20.1 Å². The van der Waals surface area contributed by atoms with Crippen molar-refractivity contribution < 1.29 is 19.1 Å². The van der Waals surface area contributed by atoms with E-state index in [0.29, 0.717) is 19.6 Å². The van der Waals surface area contributed by atoms with Gasteiger partial charge in [-0.1, -0.05) is 30.3 Å². The molecule has 6 heteroatoms. The summed E-state index contributed by atoms with van der Waals surface area (Å²) in [4.78, 5) is 25.4. The normalized spacial score (nSPS) is 20.7. The van der Waals surface area contributed by atoms with Gasteiger partial charge in [-0.05, 0) is 18.9 Å². The molecule has 1 aliphatic rings. The lowest BCUT2D eigenvalue weighted by Crippen LogP contribution is -2.44. The Morgan fingerprint density at radius 1 is 1.27 bits per heavy atom. The molecule has 1 aromatic rings. The highest BCUT2D eigenvalue weighted by atomic mass is 16.6. The van der Waals surface area contributed by atoms with Crippen molar-refractivity contribution in [3.05, 3.63) is 35.9 Å². The van der Waals surface area contributed by atoms with Gasteiger partial charge >= 0.3 is 12.1 Å². The van der Waals surface area contributed by atoms with Gasteiger partial charge in [0.25, 0.3) is 0 Å². The summed E-state index contributed by atoms with van der Waals surface area (Å²) < 4.78 is 10.2. The lowest BCUT2D eigenvalue weighted by atomic mass is 10.1. The quantitative estimate of drug-likeness (QED) is 0.837. The molecule has 1 fully saturated rings. The molecule has 1 amide bonds. The third kappa shape index (κ3) is 4.21. The number of hydrogen-bond acceptors (Lipinski definition) is 5. The number of nitrogens with two attached hydrogens (primary N) is 1. The van der Waals surface area contributed by atoms with Crippen LogP contribution in [0.1, 0.15) is 25.3 Å². The molecule has 6 nitrogen and oxygen atoms in total. The second kappa shape index (κ2) is 7.79. The van der Waals surface area contributed by atoms with Crippen LogP contribution < -0.4 is 5.73 Å². The van der Waals surface area contributed by atoms with Gasteiger partial charge in [0, 0.05) is 12.6 Å². The van der Waals surface area contributed by atoms with Crippen molar-refractivity contribution in [2.75, 3.05) is 13.2 Å². The third-order valence-electron chi connectivity index (χ3n) is 3.72. The molecule has 2 rings (SSSR count). The van der Waals surface area contributed by atoms with E-state index in [-0.39, 0.29) is 31.1 Å². The minimum atomic E-state index is -0.439. The van der Waals surface area contributed by atoms with Crippen LogP contribution >= 0.6 is 0 Å².